The van der Waals surface area contributed by atoms with E-state index in [4.69, 9.17) is 0 Å². The maximum atomic E-state index is 13.5. The number of halogens is 2. The highest BCUT2D eigenvalue weighted by atomic mass is 19.1. The molecule has 0 nitrogen and oxygen atoms in total. The molecule has 0 aliphatic carbocycles. The molecule has 0 aliphatic heterocycles. The van der Waals surface area contributed by atoms with Crippen LogP contribution in [0.15, 0.2) is 12.1 Å². The standard InChI is InChI=1S/C11H14F2/c1-3-5-8-6-7-10(12)9(4-2)11(8)13/h6-7H,3-5H2,1-2H3. The lowest BCUT2D eigenvalue weighted by atomic mass is 10.0. The van der Waals surface area contributed by atoms with Crippen molar-refractivity contribution < 1.29 is 8.78 Å². The molecule has 1 aromatic carbocycles. The van der Waals surface area contributed by atoms with Gasteiger partial charge in [-0.25, -0.2) is 8.78 Å². The van der Waals surface area contributed by atoms with Gasteiger partial charge in [0.25, 0.3) is 0 Å². The summed E-state index contributed by atoms with van der Waals surface area (Å²) in [6, 6.07) is 2.89. The van der Waals surface area contributed by atoms with E-state index in [9.17, 15) is 8.78 Å². The zero-order chi connectivity index (χ0) is 9.84. The molecule has 0 bridgehead atoms. The van der Waals surface area contributed by atoms with E-state index in [-0.39, 0.29) is 11.4 Å². The second-order valence-electron chi connectivity index (χ2n) is 3.10. The lowest BCUT2D eigenvalue weighted by Crippen LogP contribution is -1.99. The van der Waals surface area contributed by atoms with Crippen molar-refractivity contribution in [1.82, 2.24) is 0 Å². The molecule has 13 heavy (non-hydrogen) atoms. The number of benzene rings is 1. The SMILES string of the molecule is CCCc1ccc(F)c(CC)c1F. The van der Waals surface area contributed by atoms with Crippen molar-refractivity contribution in [1.29, 1.82) is 0 Å². The first-order valence-electron chi connectivity index (χ1n) is 4.66. The predicted molar refractivity (Wildman–Crippen MR) is 49.7 cm³/mol. The molecule has 1 rings (SSSR count). The molecule has 0 heterocycles. The van der Waals surface area contributed by atoms with Gasteiger partial charge in [0.1, 0.15) is 11.6 Å². The van der Waals surface area contributed by atoms with E-state index < -0.39 is 5.82 Å². The van der Waals surface area contributed by atoms with E-state index in [0.717, 1.165) is 6.42 Å². The van der Waals surface area contributed by atoms with Gasteiger partial charge in [-0.3, -0.25) is 0 Å². The minimum Gasteiger partial charge on any atom is -0.207 e. The highest BCUT2D eigenvalue weighted by Gasteiger charge is 2.10. The van der Waals surface area contributed by atoms with Crippen LogP contribution in [0.5, 0.6) is 0 Å². The fourth-order valence-corrected chi connectivity index (χ4v) is 1.43. The average Bonchev–Trinajstić information content (AvgIpc) is 2.11. The van der Waals surface area contributed by atoms with Crippen LogP contribution in [-0.4, -0.2) is 0 Å². The first-order valence-corrected chi connectivity index (χ1v) is 4.66. The van der Waals surface area contributed by atoms with Crippen LogP contribution in [0.4, 0.5) is 8.78 Å². The normalized spacial score (nSPS) is 10.5. The third-order valence-electron chi connectivity index (χ3n) is 2.14. The van der Waals surface area contributed by atoms with Crippen LogP contribution < -0.4 is 0 Å². The highest BCUT2D eigenvalue weighted by Crippen LogP contribution is 2.18. The molecule has 0 aromatic heterocycles. The van der Waals surface area contributed by atoms with Gasteiger partial charge < -0.3 is 0 Å². The molecule has 0 saturated heterocycles. The van der Waals surface area contributed by atoms with Gasteiger partial charge in [-0.1, -0.05) is 26.3 Å². The third kappa shape index (κ3) is 2.06. The van der Waals surface area contributed by atoms with Crippen LogP contribution in [-0.2, 0) is 12.8 Å². The average molecular weight is 184 g/mol. The summed E-state index contributed by atoms with van der Waals surface area (Å²) in [7, 11) is 0. The monoisotopic (exact) mass is 184 g/mol. The smallest absolute Gasteiger partial charge is 0.132 e. The van der Waals surface area contributed by atoms with Crippen molar-refractivity contribution >= 4 is 0 Å². The minimum absolute atomic E-state index is 0.214. The van der Waals surface area contributed by atoms with E-state index in [1.54, 1.807) is 6.92 Å². The fourth-order valence-electron chi connectivity index (χ4n) is 1.43. The van der Waals surface area contributed by atoms with Crippen LogP contribution in [0, 0.1) is 11.6 Å². The van der Waals surface area contributed by atoms with Gasteiger partial charge in [-0.15, -0.1) is 0 Å². The van der Waals surface area contributed by atoms with E-state index in [0.29, 0.717) is 18.4 Å². The second-order valence-corrected chi connectivity index (χ2v) is 3.10. The molecule has 0 unspecified atom stereocenters. The maximum Gasteiger partial charge on any atom is 0.132 e. The number of hydrogen-bond donors (Lipinski definition) is 0. The largest absolute Gasteiger partial charge is 0.207 e. The van der Waals surface area contributed by atoms with Crippen LogP contribution >= 0.6 is 0 Å². The van der Waals surface area contributed by atoms with Crippen molar-refractivity contribution in [2.75, 3.05) is 0 Å². The van der Waals surface area contributed by atoms with Crippen LogP contribution in [0.1, 0.15) is 31.4 Å². The Morgan fingerprint density at radius 2 is 1.85 bits per heavy atom. The van der Waals surface area contributed by atoms with Crippen molar-refractivity contribution in [3.63, 3.8) is 0 Å². The lowest BCUT2D eigenvalue weighted by Gasteiger charge is -2.06. The molecule has 0 spiro atoms. The van der Waals surface area contributed by atoms with Crippen LogP contribution in [0.3, 0.4) is 0 Å². The Morgan fingerprint density at radius 3 is 2.38 bits per heavy atom. The Labute approximate surface area is 77.6 Å². The van der Waals surface area contributed by atoms with Gasteiger partial charge in [-0.2, -0.15) is 0 Å². The summed E-state index contributed by atoms with van der Waals surface area (Å²) in [5.74, 6) is -0.788. The third-order valence-corrected chi connectivity index (χ3v) is 2.14. The first kappa shape index (κ1) is 10.2. The van der Waals surface area contributed by atoms with Crippen molar-refractivity contribution in [3.8, 4) is 0 Å². The quantitative estimate of drug-likeness (QED) is 0.674. The minimum atomic E-state index is -0.431. The van der Waals surface area contributed by atoms with Gasteiger partial charge in [0.2, 0.25) is 0 Å². The molecule has 0 N–H and O–H groups in total. The zero-order valence-electron chi connectivity index (χ0n) is 8.03. The summed E-state index contributed by atoms with van der Waals surface area (Å²) in [4.78, 5) is 0. The molecule has 72 valence electrons. The van der Waals surface area contributed by atoms with E-state index >= 15 is 0 Å². The molecule has 2 heteroatoms. The Hall–Kier alpha value is -0.920. The summed E-state index contributed by atoms with van der Waals surface area (Å²) in [6.45, 7) is 3.74. The Bertz CT molecular complexity index is 292. The zero-order valence-corrected chi connectivity index (χ0v) is 8.03. The summed E-state index contributed by atoms with van der Waals surface area (Å²) in [6.07, 6.45) is 1.97. The number of hydrogen-bond acceptors (Lipinski definition) is 0. The van der Waals surface area contributed by atoms with Crippen molar-refractivity contribution in [2.45, 2.75) is 33.1 Å². The maximum absolute atomic E-state index is 13.5. The summed E-state index contributed by atoms with van der Waals surface area (Å²) in [5, 5.41) is 0. The van der Waals surface area contributed by atoms with Gasteiger partial charge >= 0.3 is 0 Å². The van der Waals surface area contributed by atoms with E-state index in [2.05, 4.69) is 0 Å². The summed E-state index contributed by atoms with van der Waals surface area (Å²) >= 11 is 0. The topological polar surface area (TPSA) is 0 Å². The molecule has 1 aromatic rings. The number of rotatable bonds is 3. The van der Waals surface area contributed by atoms with E-state index in [1.165, 1.54) is 12.1 Å². The van der Waals surface area contributed by atoms with Crippen LogP contribution in [0.2, 0.25) is 0 Å². The molecular weight excluding hydrogens is 170 g/mol. The summed E-state index contributed by atoms with van der Waals surface area (Å²) in [5.41, 5.74) is 0.840. The number of aryl methyl sites for hydroxylation is 1. The lowest BCUT2D eigenvalue weighted by molar-refractivity contribution is 0.547. The van der Waals surface area contributed by atoms with Crippen molar-refractivity contribution in [3.05, 3.63) is 34.9 Å². The Kier molecular flexibility index (Phi) is 3.40. The van der Waals surface area contributed by atoms with Gasteiger partial charge in [0.15, 0.2) is 0 Å². The van der Waals surface area contributed by atoms with E-state index in [1.807, 2.05) is 6.92 Å². The molecule has 0 saturated carbocycles. The molecular formula is C11H14F2. The molecule has 0 radical (unpaired) electrons. The molecule has 0 atom stereocenters. The predicted octanol–water partition coefficient (Wildman–Crippen LogP) is 3.48. The Balaban J connectivity index is 3.11. The second kappa shape index (κ2) is 4.35. The van der Waals surface area contributed by atoms with Crippen LogP contribution in [0.25, 0.3) is 0 Å². The summed E-state index contributed by atoms with van der Waals surface area (Å²) < 4.78 is 26.5. The first-order chi connectivity index (χ1) is 6.20. The molecule has 0 fully saturated rings. The molecule has 0 aliphatic rings. The Morgan fingerprint density at radius 1 is 1.15 bits per heavy atom. The van der Waals surface area contributed by atoms with Gasteiger partial charge in [0, 0.05) is 5.56 Å². The highest BCUT2D eigenvalue weighted by molar-refractivity contribution is 5.27. The van der Waals surface area contributed by atoms with Gasteiger partial charge in [0.05, 0.1) is 0 Å². The van der Waals surface area contributed by atoms with Crippen molar-refractivity contribution in [2.24, 2.45) is 0 Å². The molecule has 0 amide bonds. The van der Waals surface area contributed by atoms with Gasteiger partial charge in [-0.05, 0) is 24.5 Å². The fraction of sp³-hybridized carbons (Fsp3) is 0.455.